The van der Waals surface area contributed by atoms with Gasteiger partial charge < -0.3 is 14.5 Å². The fourth-order valence-electron chi connectivity index (χ4n) is 7.06. The molecule has 0 aromatic heterocycles. The van der Waals surface area contributed by atoms with Crippen molar-refractivity contribution >= 4 is 18.0 Å². The van der Waals surface area contributed by atoms with Crippen LogP contribution in [0.4, 0.5) is 0 Å². The number of carbonyl (C=O) groups is 1. The maximum absolute atomic E-state index is 14.1. The van der Waals surface area contributed by atoms with Crippen molar-refractivity contribution in [1.82, 2.24) is 9.80 Å². The van der Waals surface area contributed by atoms with Crippen LogP contribution in [-0.2, 0) is 9.53 Å². The van der Waals surface area contributed by atoms with Crippen molar-refractivity contribution in [1.29, 1.82) is 0 Å². The number of benzene rings is 1. The molecule has 6 nitrogen and oxygen atoms in total. The molecule has 240 valence electrons. The number of hydrogen-bond donors (Lipinski definition) is 0. The average Bonchev–Trinajstić information content (AvgIpc) is 3.01. The summed E-state index contributed by atoms with van der Waals surface area (Å²) < 4.78 is 5.93. The summed E-state index contributed by atoms with van der Waals surface area (Å²) in [5.41, 5.74) is 6.00. The van der Waals surface area contributed by atoms with Crippen LogP contribution in [0.2, 0.25) is 0 Å². The van der Waals surface area contributed by atoms with Gasteiger partial charge >= 0.3 is 0 Å². The summed E-state index contributed by atoms with van der Waals surface area (Å²) in [7, 11) is 1.86. The Morgan fingerprint density at radius 1 is 1.18 bits per heavy atom. The van der Waals surface area contributed by atoms with Crippen LogP contribution < -0.4 is 0 Å². The molecule has 2 heterocycles. The van der Waals surface area contributed by atoms with Gasteiger partial charge in [-0.1, -0.05) is 68.8 Å². The van der Waals surface area contributed by atoms with E-state index in [0.717, 1.165) is 49.4 Å². The van der Waals surface area contributed by atoms with Crippen LogP contribution >= 0.6 is 0 Å². The average molecular weight is 609 g/mol. The van der Waals surface area contributed by atoms with Crippen LogP contribution in [0.25, 0.3) is 0 Å². The molecule has 1 aromatic carbocycles. The van der Waals surface area contributed by atoms with Crippen LogP contribution in [0, 0.1) is 24.7 Å². The number of carbonyl (C=O) groups excluding carboxylic acids is 1. The summed E-state index contributed by atoms with van der Waals surface area (Å²) in [5.74, 6) is 2.33. The molecule has 1 amide bonds. The first-order chi connectivity index (χ1) is 21.7. The number of ether oxygens (including phenoxy) is 1. The minimum absolute atomic E-state index is 0.0413. The number of rotatable bonds is 8. The van der Waals surface area contributed by atoms with Gasteiger partial charge in [-0.2, -0.15) is 0 Å². The minimum Gasteiger partial charge on any atom is -0.465 e. The number of aryl methyl sites for hydroxylation is 1. The monoisotopic (exact) mass is 608 g/mol. The molecule has 2 aliphatic carbocycles. The Hall–Kier alpha value is -3.67. The first-order valence-corrected chi connectivity index (χ1v) is 17.0. The second kappa shape index (κ2) is 14.2. The van der Waals surface area contributed by atoms with Crippen molar-refractivity contribution in [2.24, 2.45) is 27.7 Å². The lowest BCUT2D eigenvalue weighted by Crippen LogP contribution is -2.61. The van der Waals surface area contributed by atoms with Gasteiger partial charge in [0, 0.05) is 44.7 Å². The topological polar surface area (TPSA) is 57.5 Å². The van der Waals surface area contributed by atoms with Gasteiger partial charge in [-0.15, -0.1) is 0 Å². The highest BCUT2D eigenvalue weighted by Crippen LogP contribution is 2.38. The molecule has 2 fully saturated rings. The standard InChI is InChI=1S/C39H52N4O2/c1-8-29-19-22-45-35(24-29)33-17-12-18-34(28(33)4)38(44)42-20-21-43(39(5,6)26-42)36(31-14-11-15-31)37(40-7)41-25-30(9-2)32-16-10-13-27(3)23-32/h10,12-13,16-19,22-25,28-30,34H,8-9,11,14-15,20-21,26H2,1-7H3. The molecule has 0 bridgehead atoms. The molecule has 4 unspecified atom stereocenters. The van der Waals surface area contributed by atoms with E-state index in [2.05, 4.69) is 106 Å². The molecule has 0 radical (unpaired) electrons. The van der Waals surface area contributed by atoms with Crippen molar-refractivity contribution < 1.29 is 9.53 Å². The van der Waals surface area contributed by atoms with Gasteiger partial charge in [-0.05, 0) is 87.7 Å². The van der Waals surface area contributed by atoms with Crippen molar-refractivity contribution in [3.63, 3.8) is 0 Å². The van der Waals surface area contributed by atoms with Crippen molar-refractivity contribution in [3.05, 3.63) is 94.6 Å². The number of amidine groups is 1. The molecule has 45 heavy (non-hydrogen) atoms. The van der Waals surface area contributed by atoms with Gasteiger partial charge in [0.25, 0.3) is 0 Å². The molecule has 0 spiro atoms. The summed E-state index contributed by atoms with van der Waals surface area (Å²) in [6.07, 6.45) is 19.8. The first-order valence-electron chi connectivity index (χ1n) is 17.0. The molecular weight excluding hydrogens is 556 g/mol. The molecule has 1 aromatic rings. The van der Waals surface area contributed by atoms with Gasteiger partial charge in [-0.25, -0.2) is 4.99 Å². The molecule has 2 aliphatic heterocycles. The zero-order valence-electron chi connectivity index (χ0n) is 28.4. The van der Waals surface area contributed by atoms with Crippen molar-refractivity contribution in [2.45, 2.75) is 85.1 Å². The third-order valence-electron chi connectivity index (χ3n) is 10.0. The van der Waals surface area contributed by atoms with Crippen molar-refractivity contribution in [2.75, 3.05) is 26.7 Å². The Labute approximate surface area is 271 Å². The quantitative estimate of drug-likeness (QED) is 0.221. The molecule has 1 saturated heterocycles. The third-order valence-corrected chi connectivity index (χ3v) is 10.0. The summed E-state index contributed by atoms with van der Waals surface area (Å²) in [6, 6.07) is 8.72. The molecular formula is C39H52N4O2. The van der Waals surface area contributed by atoms with Gasteiger partial charge in [0.05, 0.1) is 23.4 Å². The Morgan fingerprint density at radius 3 is 2.62 bits per heavy atom. The molecule has 0 N–H and O–H groups in total. The first kappa shape index (κ1) is 32.7. The third kappa shape index (κ3) is 7.10. The number of allylic oxidation sites excluding steroid dienone is 6. The van der Waals surface area contributed by atoms with Crippen LogP contribution in [-0.4, -0.2) is 60.0 Å². The van der Waals surface area contributed by atoms with Gasteiger partial charge in [-0.3, -0.25) is 9.79 Å². The molecule has 6 heteroatoms. The van der Waals surface area contributed by atoms with Gasteiger partial charge in [0.2, 0.25) is 5.91 Å². The number of aliphatic imine (C=N–C) groups is 2. The van der Waals surface area contributed by atoms with Crippen LogP contribution in [0.3, 0.4) is 0 Å². The predicted molar refractivity (Wildman–Crippen MR) is 186 cm³/mol. The Morgan fingerprint density at radius 2 is 1.98 bits per heavy atom. The van der Waals surface area contributed by atoms with Crippen LogP contribution in [0.5, 0.6) is 0 Å². The lowest BCUT2D eigenvalue weighted by Gasteiger charge is -2.51. The lowest BCUT2D eigenvalue weighted by molar-refractivity contribution is -0.139. The largest absolute Gasteiger partial charge is 0.465 e. The van der Waals surface area contributed by atoms with Gasteiger partial charge in [0.1, 0.15) is 5.76 Å². The molecule has 4 atom stereocenters. The molecule has 5 rings (SSSR count). The summed E-state index contributed by atoms with van der Waals surface area (Å²) in [5, 5.41) is 0. The molecule has 4 aliphatic rings. The molecule has 1 saturated carbocycles. The highest BCUT2D eigenvalue weighted by atomic mass is 16.5. The number of hydrogen-bond acceptors (Lipinski definition) is 4. The van der Waals surface area contributed by atoms with E-state index in [1.54, 1.807) is 6.26 Å². The number of piperazine rings is 1. The smallest absolute Gasteiger partial charge is 0.230 e. The SMILES string of the molecule is CCC1C=COC(C2=CC=CC(C(=O)N3CCN(C(C(N=CC(CC)c4cccc(C)c4)=NC)=C4CCC4)C(C)(C)C3)C2C)=C1. The Bertz CT molecular complexity index is 1470. The van der Waals surface area contributed by atoms with E-state index in [1.807, 2.05) is 13.1 Å². The summed E-state index contributed by atoms with van der Waals surface area (Å²) >= 11 is 0. The summed E-state index contributed by atoms with van der Waals surface area (Å²) in [4.78, 5) is 28.5. The maximum atomic E-state index is 14.1. The number of nitrogens with zero attached hydrogens (tertiary/aromatic N) is 4. The van der Waals surface area contributed by atoms with Gasteiger partial charge in [0.15, 0.2) is 5.84 Å². The number of amides is 1. The van der Waals surface area contributed by atoms with Crippen molar-refractivity contribution in [3.8, 4) is 0 Å². The van der Waals surface area contributed by atoms with E-state index in [0.29, 0.717) is 19.0 Å². The highest BCUT2D eigenvalue weighted by Gasteiger charge is 2.42. The van der Waals surface area contributed by atoms with E-state index < -0.39 is 0 Å². The van der Waals surface area contributed by atoms with E-state index in [9.17, 15) is 4.79 Å². The Kier molecular flexibility index (Phi) is 10.3. The van der Waals surface area contributed by atoms with E-state index in [4.69, 9.17) is 14.7 Å². The Balaban J connectivity index is 1.32. The fourth-order valence-corrected chi connectivity index (χ4v) is 7.06. The second-order valence-electron chi connectivity index (χ2n) is 13.7. The zero-order valence-corrected chi connectivity index (χ0v) is 28.4. The van der Waals surface area contributed by atoms with Crippen LogP contribution in [0.15, 0.2) is 93.5 Å². The summed E-state index contributed by atoms with van der Waals surface area (Å²) in [6.45, 7) is 15.3. The second-order valence-corrected chi connectivity index (χ2v) is 13.7. The van der Waals surface area contributed by atoms with E-state index >= 15 is 0 Å². The van der Waals surface area contributed by atoms with Crippen LogP contribution in [0.1, 0.15) is 83.8 Å². The fraction of sp³-hybridized carbons (Fsp3) is 0.513. The predicted octanol–water partition coefficient (Wildman–Crippen LogP) is 8.15. The normalized spacial score (nSPS) is 25.4. The highest BCUT2D eigenvalue weighted by molar-refractivity contribution is 6.03. The lowest BCUT2D eigenvalue weighted by atomic mass is 9.80. The zero-order chi connectivity index (χ0) is 32.1. The minimum atomic E-state index is -0.271. The van der Waals surface area contributed by atoms with E-state index in [1.165, 1.54) is 28.8 Å². The maximum Gasteiger partial charge on any atom is 0.230 e. The van der Waals surface area contributed by atoms with E-state index in [-0.39, 0.29) is 29.2 Å².